The molecule has 0 aromatic heterocycles. The van der Waals surface area contributed by atoms with Crippen LogP contribution in [0.5, 0.6) is 5.75 Å². The molecule has 2 rings (SSSR count). The zero-order chi connectivity index (χ0) is 12.1. The summed E-state index contributed by atoms with van der Waals surface area (Å²) in [5, 5.41) is 18.2. The van der Waals surface area contributed by atoms with Crippen LogP contribution >= 0.6 is 8.58 Å². The summed E-state index contributed by atoms with van der Waals surface area (Å²) in [5.74, 6) is 0.553. The number of aliphatic hydroxyl groups excluding tert-OH is 2. The monoisotopic (exact) mass is 256 g/mol. The smallest absolute Gasteiger partial charge is 0.200 e. The normalized spacial score (nSPS) is 26.0. The van der Waals surface area contributed by atoms with Gasteiger partial charge in [-0.2, -0.15) is 0 Å². The van der Waals surface area contributed by atoms with E-state index >= 15 is 0 Å². The molecule has 1 aliphatic rings. The van der Waals surface area contributed by atoms with Crippen LogP contribution in [0.25, 0.3) is 0 Å². The van der Waals surface area contributed by atoms with Crippen molar-refractivity contribution in [2.24, 2.45) is 0 Å². The van der Waals surface area contributed by atoms with Gasteiger partial charge in [-0.25, -0.2) is 0 Å². The van der Waals surface area contributed by atoms with Gasteiger partial charge in [-0.15, -0.1) is 0 Å². The van der Waals surface area contributed by atoms with E-state index in [1.807, 2.05) is 24.3 Å². The largest absolute Gasteiger partial charge is 0.465 e. The van der Waals surface area contributed by atoms with Gasteiger partial charge in [-0.3, -0.25) is 0 Å². The lowest BCUT2D eigenvalue weighted by Gasteiger charge is -2.29. The molecule has 1 heterocycles. The highest BCUT2D eigenvalue weighted by Crippen LogP contribution is 2.31. The minimum Gasteiger partial charge on any atom is -0.465 e. The van der Waals surface area contributed by atoms with Gasteiger partial charge in [-0.05, 0) is 12.2 Å². The molecule has 0 spiro atoms. The standard InChI is InChI=1S/C12H17O4P/c13-7-9-3-1-2-4-10(9)15-11-5-6-17-12(8-14)16-11/h1-4,11-14,17H,5-8H2. The van der Waals surface area contributed by atoms with Crippen LogP contribution in [0.1, 0.15) is 12.0 Å². The van der Waals surface area contributed by atoms with Crippen LogP contribution < -0.4 is 4.74 Å². The van der Waals surface area contributed by atoms with Crippen molar-refractivity contribution < 1.29 is 19.7 Å². The topological polar surface area (TPSA) is 58.9 Å². The Labute approximate surface area is 102 Å². The number of hydrogen-bond donors (Lipinski definition) is 2. The van der Waals surface area contributed by atoms with Gasteiger partial charge in [0.1, 0.15) is 11.6 Å². The summed E-state index contributed by atoms with van der Waals surface area (Å²) in [5.41, 5.74) is 0.754. The Hall–Kier alpha value is -0.670. The zero-order valence-electron chi connectivity index (χ0n) is 9.50. The maximum atomic E-state index is 9.19. The minimum atomic E-state index is -0.318. The third-order valence-corrected chi connectivity index (χ3v) is 3.99. The summed E-state index contributed by atoms with van der Waals surface area (Å²) >= 11 is 0. The van der Waals surface area contributed by atoms with Gasteiger partial charge in [0.05, 0.1) is 13.2 Å². The molecule has 0 bridgehead atoms. The van der Waals surface area contributed by atoms with E-state index in [-0.39, 0.29) is 25.3 Å². The summed E-state index contributed by atoms with van der Waals surface area (Å²) in [6, 6.07) is 7.36. The Morgan fingerprint density at radius 2 is 2.18 bits per heavy atom. The molecule has 1 fully saturated rings. The maximum Gasteiger partial charge on any atom is 0.200 e. The third kappa shape index (κ3) is 3.39. The molecular weight excluding hydrogens is 239 g/mol. The van der Waals surface area contributed by atoms with Crippen molar-refractivity contribution in [2.75, 3.05) is 12.8 Å². The van der Waals surface area contributed by atoms with Crippen LogP contribution in [0, 0.1) is 0 Å². The number of aliphatic hydroxyl groups is 2. The Bertz CT molecular complexity index is 358. The highest BCUT2D eigenvalue weighted by molar-refractivity contribution is 7.38. The summed E-state index contributed by atoms with van der Waals surface area (Å²) in [7, 11) is 0.635. The van der Waals surface area contributed by atoms with E-state index in [0.717, 1.165) is 18.1 Å². The van der Waals surface area contributed by atoms with E-state index in [0.29, 0.717) is 14.3 Å². The van der Waals surface area contributed by atoms with Gasteiger partial charge in [-0.1, -0.05) is 26.8 Å². The van der Waals surface area contributed by atoms with E-state index in [4.69, 9.17) is 14.6 Å². The number of benzene rings is 1. The maximum absolute atomic E-state index is 9.19. The first-order valence-electron chi connectivity index (χ1n) is 5.68. The third-order valence-electron chi connectivity index (χ3n) is 2.64. The van der Waals surface area contributed by atoms with E-state index < -0.39 is 0 Å². The van der Waals surface area contributed by atoms with Crippen molar-refractivity contribution in [3.8, 4) is 5.75 Å². The first-order valence-corrected chi connectivity index (χ1v) is 6.97. The van der Waals surface area contributed by atoms with Gasteiger partial charge in [0.15, 0.2) is 0 Å². The average molecular weight is 256 g/mol. The molecule has 0 radical (unpaired) electrons. The van der Waals surface area contributed by atoms with Crippen molar-refractivity contribution in [2.45, 2.75) is 25.2 Å². The van der Waals surface area contributed by atoms with Gasteiger partial charge in [0.2, 0.25) is 6.29 Å². The van der Waals surface area contributed by atoms with Crippen LogP contribution in [-0.4, -0.2) is 35.1 Å². The first-order chi connectivity index (χ1) is 8.33. The molecule has 94 valence electrons. The molecule has 3 atom stereocenters. The van der Waals surface area contributed by atoms with Crippen molar-refractivity contribution >= 4 is 8.58 Å². The Morgan fingerprint density at radius 1 is 1.35 bits per heavy atom. The van der Waals surface area contributed by atoms with Crippen LogP contribution in [0.15, 0.2) is 24.3 Å². The van der Waals surface area contributed by atoms with Gasteiger partial charge >= 0.3 is 0 Å². The van der Waals surface area contributed by atoms with Crippen LogP contribution in [0.4, 0.5) is 0 Å². The van der Waals surface area contributed by atoms with Crippen LogP contribution in [0.3, 0.4) is 0 Å². The Kier molecular flexibility index (Phi) is 4.75. The summed E-state index contributed by atoms with van der Waals surface area (Å²) < 4.78 is 11.3. The van der Waals surface area contributed by atoms with E-state index in [1.54, 1.807) is 0 Å². The molecule has 0 aliphatic carbocycles. The predicted molar refractivity (Wildman–Crippen MR) is 66.5 cm³/mol. The molecule has 3 unspecified atom stereocenters. The lowest BCUT2D eigenvalue weighted by Crippen LogP contribution is -2.31. The molecule has 17 heavy (non-hydrogen) atoms. The Morgan fingerprint density at radius 3 is 2.94 bits per heavy atom. The zero-order valence-corrected chi connectivity index (χ0v) is 10.5. The van der Waals surface area contributed by atoms with Gasteiger partial charge < -0.3 is 19.7 Å². The van der Waals surface area contributed by atoms with Crippen molar-refractivity contribution in [1.82, 2.24) is 0 Å². The number of ether oxygens (including phenoxy) is 2. The molecule has 1 saturated heterocycles. The quantitative estimate of drug-likeness (QED) is 0.797. The summed E-state index contributed by atoms with van der Waals surface area (Å²) in [4.78, 5) is 0. The number of hydrogen-bond acceptors (Lipinski definition) is 4. The van der Waals surface area contributed by atoms with Crippen molar-refractivity contribution in [3.05, 3.63) is 29.8 Å². The first kappa shape index (κ1) is 12.8. The minimum absolute atomic E-state index is 0.0416. The SMILES string of the molecule is OCc1ccccc1OC1CCPC(CO)O1. The van der Waals surface area contributed by atoms with E-state index in [9.17, 15) is 5.11 Å². The molecule has 0 saturated carbocycles. The second-order valence-electron chi connectivity index (χ2n) is 3.86. The second-order valence-corrected chi connectivity index (χ2v) is 5.42. The van der Waals surface area contributed by atoms with E-state index in [2.05, 4.69) is 0 Å². The molecule has 1 aromatic carbocycles. The number of rotatable bonds is 4. The number of para-hydroxylation sites is 1. The summed E-state index contributed by atoms with van der Waals surface area (Å²) in [6.07, 6.45) is 1.52. The fraction of sp³-hybridized carbons (Fsp3) is 0.500. The summed E-state index contributed by atoms with van der Waals surface area (Å²) in [6.45, 7) is -0.00593. The predicted octanol–water partition coefficient (Wildman–Crippen LogP) is 1.30. The van der Waals surface area contributed by atoms with E-state index in [1.165, 1.54) is 0 Å². The lowest BCUT2D eigenvalue weighted by molar-refractivity contribution is -0.110. The molecule has 2 N–H and O–H groups in total. The van der Waals surface area contributed by atoms with Crippen LogP contribution in [0.2, 0.25) is 0 Å². The van der Waals surface area contributed by atoms with Gasteiger partial charge in [0.25, 0.3) is 0 Å². The van der Waals surface area contributed by atoms with Crippen LogP contribution in [-0.2, 0) is 11.3 Å². The van der Waals surface area contributed by atoms with Gasteiger partial charge in [0, 0.05) is 12.0 Å². The molecule has 5 heteroatoms. The molecule has 1 aliphatic heterocycles. The highest BCUT2D eigenvalue weighted by Gasteiger charge is 2.23. The Balaban J connectivity index is 2.00. The fourth-order valence-corrected chi connectivity index (χ4v) is 2.85. The molecular formula is C12H17O4P. The highest BCUT2D eigenvalue weighted by atomic mass is 31.1. The lowest BCUT2D eigenvalue weighted by atomic mass is 10.2. The fourth-order valence-electron chi connectivity index (χ4n) is 1.75. The van der Waals surface area contributed by atoms with Crippen molar-refractivity contribution in [3.63, 3.8) is 0 Å². The molecule has 4 nitrogen and oxygen atoms in total. The average Bonchev–Trinajstić information content (AvgIpc) is 2.39. The second kappa shape index (κ2) is 6.31. The van der Waals surface area contributed by atoms with Crippen molar-refractivity contribution in [1.29, 1.82) is 0 Å². The molecule has 1 aromatic rings. The molecule has 0 amide bonds.